The van der Waals surface area contributed by atoms with E-state index in [-0.39, 0.29) is 36.0 Å². The second kappa shape index (κ2) is 11.4. The summed E-state index contributed by atoms with van der Waals surface area (Å²) in [6, 6.07) is 7.56. The Morgan fingerprint density at radius 1 is 1.00 bits per heavy atom. The van der Waals surface area contributed by atoms with E-state index in [1.807, 2.05) is 45.0 Å². The van der Waals surface area contributed by atoms with Crippen LogP contribution < -0.4 is 0 Å². The fraction of sp³-hybridized carbons (Fsp3) is 0.667. The van der Waals surface area contributed by atoms with Gasteiger partial charge in [0.05, 0.1) is 6.04 Å². The van der Waals surface area contributed by atoms with Crippen LogP contribution in [-0.4, -0.2) is 75.3 Å². The number of alkyl halides is 5. The van der Waals surface area contributed by atoms with Crippen molar-refractivity contribution in [3.63, 3.8) is 0 Å². The molecular weight excluding hydrogens is 619 g/mol. The van der Waals surface area contributed by atoms with Gasteiger partial charge in [0.25, 0.3) is 0 Å². The van der Waals surface area contributed by atoms with Crippen molar-refractivity contribution in [3.05, 3.63) is 58.2 Å². The van der Waals surface area contributed by atoms with E-state index in [4.69, 9.17) is 0 Å². The molecule has 5 aliphatic rings. The molecule has 2 saturated carbocycles. The molecular formula is C36H45F5N2O4. The van der Waals surface area contributed by atoms with Crippen LogP contribution >= 0.6 is 0 Å². The van der Waals surface area contributed by atoms with Crippen molar-refractivity contribution in [3.8, 4) is 0 Å². The molecule has 1 heterocycles. The average molecular weight is 665 g/mol. The second-order valence-electron chi connectivity index (χ2n) is 15.8. The zero-order chi connectivity index (χ0) is 34.3. The van der Waals surface area contributed by atoms with Crippen LogP contribution in [0.15, 0.2) is 47.1 Å². The van der Waals surface area contributed by atoms with Crippen molar-refractivity contribution in [2.24, 2.45) is 22.7 Å². The molecule has 6 nitrogen and oxygen atoms in total. The van der Waals surface area contributed by atoms with E-state index in [2.05, 4.69) is 4.90 Å². The van der Waals surface area contributed by atoms with Crippen LogP contribution in [0.3, 0.4) is 0 Å². The minimum atomic E-state index is -5.89. The summed E-state index contributed by atoms with van der Waals surface area (Å²) in [4.78, 5) is 27.9. The predicted octanol–water partition coefficient (Wildman–Crippen LogP) is 7.73. The molecule has 47 heavy (non-hydrogen) atoms. The van der Waals surface area contributed by atoms with Crippen molar-refractivity contribution in [2.45, 2.75) is 109 Å². The zero-order valence-electron chi connectivity index (χ0n) is 27.5. The zero-order valence-corrected chi connectivity index (χ0v) is 27.5. The molecule has 258 valence electrons. The monoisotopic (exact) mass is 664 g/mol. The van der Waals surface area contributed by atoms with Gasteiger partial charge in [0, 0.05) is 43.9 Å². The fourth-order valence-corrected chi connectivity index (χ4v) is 9.78. The highest BCUT2D eigenvalue weighted by molar-refractivity contribution is 5.93. The third kappa shape index (κ3) is 5.43. The molecule has 1 saturated heterocycles. The van der Waals surface area contributed by atoms with Gasteiger partial charge in [-0.3, -0.25) is 9.69 Å². The number of amides is 1. The first-order chi connectivity index (χ1) is 21.8. The van der Waals surface area contributed by atoms with Crippen LogP contribution in [0.1, 0.15) is 89.7 Å². The number of carbonyl (C=O) groups excluding carboxylic acids is 1. The Morgan fingerprint density at radius 2 is 1.68 bits per heavy atom. The summed E-state index contributed by atoms with van der Waals surface area (Å²) in [5, 5.41) is 21.2. The topological polar surface area (TPSA) is 81.1 Å². The lowest BCUT2D eigenvalue weighted by molar-refractivity contribution is -0.362. The molecule has 0 spiro atoms. The van der Waals surface area contributed by atoms with Gasteiger partial charge >= 0.3 is 18.2 Å². The van der Waals surface area contributed by atoms with E-state index in [1.165, 1.54) is 11.8 Å². The van der Waals surface area contributed by atoms with Crippen molar-refractivity contribution < 1.29 is 41.8 Å². The normalized spacial score (nSPS) is 33.7. The minimum absolute atomic E-state index is 0.0438. The Balaban J connectivity index is 1.34. The number of aliphatic hydroxyl groups is 1. The number of allylic oxidation sites excluding steroid dienone is 4. The maximum atomic E-state index is 15.3. The number of rotatable bonds is 4. The smallest absolute Gasteiger partial charge is 0.456 e. The van der Waals surface area contributed by atoms with E-state index in [1.54, 1.807) is 6.08 Å². The van der Waals surface area contributed by atoms with Gasteiger partial charge in [-0.2, -0.15) is 22.0 Å². The van der Waals surface area contributed by atoms with E-state index in [0.29, 0.717) is 51.9 Å². The highest BCUT2D eigenvalue weighted by Crippen LogP contribution is 2.70. The first kappa shape index (κ1) is 34.1. The molecule has 1 amide bonds. The molecule has 6 rings (SSSR count). The average Bonchev–Trinajstić information content (AvgIpc) is 3.27. The van der Waals surface area contributed by atoms with Gasteiger partial charge in [-0.1, -0.05) is 57.5 Å². The van der Waals surface area contributed by atoms with E-state index < -0.39 is 47.5 Å². The molecule has 1 aliphatic heterocycles. The number of nitrogens with zero attached hydrogens (tertiary/aromatic N) is 2. The van der Waals surface area contributed by atoms with Gasteiger partial charge in [0.1, 0.15) is 5.60 Å². The number of hydrogen-bond acceptors (Lipinski definition) is 4. The largest absolute Gasteiger partial charge is 0.465 e. The summed E-state index contributed by atoms with van der Waals surface area (Å²) in [7, 11) is 0. The van der Waals surface area contributed by atoms with Crippen LogP contribution in [0, 0.1) is 22.7 Å². The van der Waals surface area contributed by atoms with Crippen molar-refractivity contribution >= 4 is 11.9 Å². The Bertz CT molecular complexity index is 1500. The summed E-state index contributed by atoms with van der Waals surface area (Å²) in [5.41, 5.74) is -0.384. The van der Waals surface area contributed by atoms with Gasteiger partial charge < -0.3 is 15.1 Å². The van der Waals surface area contributed by atoms with Crippen LogP contribution in [0.2, 0.25) is 0 Å². The lowest BCUT2D eigenvalue weighted by Crippen LogP contribution is -2.65. The van der Waals surface area contributed by atoms with Crippen molar-refractivity contribution in [1.82, 2.24) is 9.80 Å². The molecule has 0 radical (unpaired) electrons. The fourth-order valence-electron chi connectivity index (χ4n) is 9.78. The molecule has 11 heteroatoms. The van der Waals surface area contributed by atoms with Gasteiger partial charge in [0.2, 0.25) is 0 Å². The maximum Gasteiger partial charge on any atom is 0.456 e. The van der Waals surface area contributed by atoms with E-state index in [0.717, 1.165) is 27.8 Å². The highest BCUT2D eigenvalue weighted by atomic mass is 19.4. The molecule has 4 aliphatic carbocycles. The number of carboxylic acid groups (broad SMARTS) is 1. The number of benzene rings is 1. The molecule has 0 aromatic heterocycles. The molecule has 2 N–H and O–H groups in total. The van der Waals surface area contributed by atoms with Crippen LogP contribution in [0.5, 0.6) is 0 Å². The van der Waals surface area contributed by atoms with Gasteiger partial charge in [0.15, 0.2) is 5.78 Å². The molecule has 3 fully saturated rings. The predicted molar refractivity (Wildman–Crippen MR) is 166 cm³/mol. The third-order valence-corrected chi connectivity index (χ3v) is 12.3. The molecule has 0 bridgehead atoms. The summed E-state index contributed by atoms with van der Waals surface area (Å²) >= 11 is 0. The van der Waals surface area contributed by atoms with Gasteiger partial charge in [-0.25, -0.2) is 4.79 Å². The van der Waals surface area contributed by atoms with Crippen molar-refractivity contribution in [1.29, 1.82) is 0 Å². The van der Waals surface area contributed by atoms with Gasteiger partial charge in [-0.05, 0) is 84.1 Å². The number of carbonyl (C=O) groups is 2. The van der Waals surface area contributed by atoms with E-state index in [9.17, 15) is 33.0 Å². The minimum Gasteiger partial charge on any atom is -0.465 e. The number of halogens is 5. The highest BCUT2D eigenvalue weighted by Gasteiger charge is 2.79. The lowest BCUT2D eigenvalue weighted by Gasteiger charge is -2.56. The molecule has 6 atom stereocenters. The van der Waals surface area contributed by atoms with E-state index >= 15 is 8.78 Å². The summed E-state index contributed by atoms with van der Waals surface area (Å²) < 4.78 is 72.1. The third-order valence-electron chi connectivity index (χ3n) is 12.3. The quantitative estimate of drug-likeness (QED) is 0.322. The van der Waals surface area contributed by atoms with Crippen LogP contribution in [-0.2, 0) is 11.3 Å². The SMILES string of the molecule is CC(C)(C)C1CN(Cc2ccc([C@H]3C[C@@]4(C)[C@@H](CC[C@@]4(O)C(F)(F)C(F)(F)F)[C@@H]4CCC5=CC(=O)CCC5=C43)cc2)CCN1C(=O)O. The maximum absolute atomic E-state index is 15.3. The standard InChI is InChI=1S/C36H45F5N2O4/c1-32(2,3)29-20-42(15-16-43(29)31(45)46)19-21-5-7-22(8-6-21)27-18-33(4)28(13-14-34(33,47)35(37,38)36(39,40)41)26-11-9-23-17-24(44)10-12-25(23)30(26)27/h5-8,17,26-29,47H,9-16,18-20H2,1-4H3,(H,45,46)/t26-,27+,28-,29?,33-,34-/m0/s1. The number of hydrogen-bond donors (Lipinski definition) is 2. The van der Waals surface area contributed by atoms with Gasteiger partial charge in [-0.15, -0.1) is 0 Å². The Labute approximate surface area is 272 Å². The Morgan fingerprint density at radius 3 is 2.30 bits per heavy atom. The number of fused-ring (bicyclic) bond motifs is 4. The lowest BCUT2D eigenvalue weighted by atomic mass is 9.50. The number of piperazine rings is 1. The first-order valence-corrected chi connectivity index (χ1v) is 16.7. The van der Waals surface area contributed by atoms with Crippen LogP contribution in [0.25, 0.3) is 0 Å². The van der Waals surface area contributed by atoms with Crippen molar-refractivity contribution in [2.75, 3.05) is 19.6 Å². The summed E-state index contributed by atoms with van der Waals surface area (Å²) in [6.07, 6.45) is -3.79. The second-order valence-corrected chi connectivity index (χ2v) is 15.8. The Kier molecular flexibility index (Phi) is 8.26. The summed E-state index contributed by atoms with van der Waals surface area (Å²) in [6.45, 7) is 9.60. The Hall–Kier alpha value is -2.79. The molecule has 1 aromatic carbocycles. The first-order valence-electron chi connectivity index (χ1n) is 16.7. The molecule has 1 aromatic rings. The number of ketones is 1. The molecule has 1 unspecified atom stereocenters. The summed E-state index contributed by atoms with van der Waals surface area (Å²) in [5.74, 6) is -6.52. The van der Waals surface area contributed by atoms with Crippen LogP contribution in [0.4, 0.5) is 26.7 Å².